The Morgan fingerprint density at radius 3 is 2.64 bits per heavy atom. The van der Waals surface area contributed by atoms with E-state index in [1.807, 2.05) is 36.5 Å². The zero-order chi connectivity index (χ0) is 17.8. The van der Waals surface area contributed by atoms with Crippen molar-refractivity contribution in [2.75, 3.05) is 14.2 Å². The van der Waals surface area contributed by atoms with Crippen LogP contribution in [-0.2, 0) is 6.61 Å². The van der Waals surface area contributed by atoms with E-state index in [-0.39, 0.29) is 6.61 Å². The molecule has 0 aliphatic rings. The molecule has 0 atom stereocenters. The van der Waals surface area contributed by atoms with Crippen molar-refractivity contribution in [1.29, 1.82) is 5.26 Å². The maximum atomic E-state index is 9.65. The highest BCUT2D eigenvalue weighted by Crippen LogP contribution is 2.30. The number of allylic oxidation sites excluding steroid dienone is 1. The summed E-state index contributed by atoms with van der Waals surface area (Å²) in [4.78, 5) is 3.17. The lowest BCUT2D eigenvalue weighted by atomic mass is 10.0. The molecule has 0 unspecified atom stereocenters. The monoisotopic (exact) mass is 334 g/mol. The third-order valence-electron chi connectivity index (χ3n) is 4.02. The molecular weight excluding hydrogens is 316 g/mol. The molecule has 2 N–H and O–H groups in total. The number of nitriles is 1. The van der Waals surface area contributed by atoms with Gasteiger partial charge in [0.15, 0.2) is 0 Å². The van der Waals surface area contributed by atoms with Crippen LogP contribution in [0.15, 0.2) is 42.6 Å². The predicted octanol–water partition coefficient (Wildman–Crippen LogP) is 3.74. The molecule has 3 rings (SSSR count). The Balaban J connectivity index is 2.12. The summed E-state index contributed by atoms with van der Waals surface area (Å²) in [5.74, 6) is 1.37. The Kier molecular flexibility index (Phi) is 4.73. The zero-order valence-electron chi connectivity index (χ0n) is 14.0. The minimum Gasteiger partial charge on any atom is -0.497 e. The summed E-state index contributed by atoms with van der Waals surface area (Å²) < 4.78 is 10.5. The number of hydrogen-bond acceptors (Lipinski definition) is 4. The zero-order valence-corrected chi connectivity index (χ0v) is 14.0. The van der Waals surface area contributed by atoms with Gasteiger partial charge in [0.25, 0.3) is 0 Å². The second-order valence-electron chi connectivity index (χ2n) is 5.56. The number of aliphatic hydroxyl groups excluding tert-OH is 1. The fourth-order valence-corrected chi connectivity index (χ4v) is 2.77. The van der Waals surface area contributed by atoms with Gasteiger partial charge in [-0.3, -0.25) is 0 Å². The standard InChI is InChI=1S/C20H18N2O3/c1-24-16-3-4-20-18(9-16)19(11-22-20)15(10-21)6-13-5-14(12-23)8-17(7-13)25-2/h3-9,11,22-23H,12H2,1-2H3. The van der Waals surface area contributed by atoms with E-state index >= 15 is 0 Å². The van der Waals surface area contributed by atoms with E-state index in [1.54, 1.807) is 26.4 Å². The van der Waals surface area contributed by atoms with Crippen molar-refractivity contribution in [1.82, 2.24) is 4.98 Å². The molecule has 0 fully saturated rings. The number of hydrogen-bond donors (Lipinski definition) is 2. The minimum absolute atomic E-state index is 0.0930. The van der Waals surface area contributed by atoms with Gasteiger partial charge < -0.3 is 19.6 Å². The number of nitrogens with zero attached hydrogens (tertiary/aromatic N) is 1. The molecule has 25 heavy (non-hydrogen) atoms. The van der Waals surface area contributed by atoms with E-state index in [0.29, 0.717) is 11.3 Å². The Labute approximate surface area is 145 Å². The number of fused-ring (bicyclic) bond motifs is 1. The van der Waals surface area contributed by atoms with E-state index in [2.05, 4.69) is 11.1 Å². The average molecular weight is 334 g/mol. The molecule has 3 aromatic rings. The van der Waals surface area contributed by atoms with Crippen LogP contribution in [0.25, 0.3) is 22.6 Å². The second-order valence-corrected chi connectivity index (χ2v) is 5.56. The quantitative estimate of drug-likeness (QED) is 0.697. The van der Waals surface area contributed by atoms with Crippen molar-refractivity contribution in [3.05, 3.63) is 59.3 Å². The Morgan fingerprint density at radius 1 is 1.16 bits per heavy atom. The van der Waals surface area contributed by atoms with Crippen molar-refractivity contribution in [3.63, 3.8) is 0 Å². The van der Waals surface area contributed by atoms with Crippen LogP contribution < -0.4 is 9.47 Å². The van der Waals surface area contributed by atoms with Crippen LogP contribution in [0.3, 0.4) is 0 Å². The number of nitrogens with one attached hydrogen (secondary N) is 1. The first-order valence-electron chi connectivity index (χ1n) is 7.74. The summed E-state index contributed by atoms with van der Waals surface area (Å²) in [7, 11) is 3.18. The normalized spacial score (nSPS) is 11.4. The number of aromatic amines is 1. The minimum atomic E-state index is -0.0930. The van der Waals surface area contributed by atoms with Crippen LogP contribution in [0.2, 0.25) is 0 Å². The Hall–Kier alpha value is -3.23. The molecule has 1 heterocycles. The van der Waals surface area contributed by atoms with Gasteiger partial charge in [0.1, 0.15) is 11.5 Å². The molecule has 126 valence electrons. The molecule has 0 saturated heterocycles. The number of benzene rings is 2. The molecule has 0 amide bonds. The summed E-state index contributed by atoms with van der Waals surface area (Å²) in [5.41, 5.74) is 3.75. The summed E-state index contributed by atoms with van der Waals surface area (Å²) in [6.45, 7) is -0.0930. The lowest BCUT2D eigenvalue weighted by molar-refractivity contribution is 0.281. The highest BCUT2D eigenvalue weighted by Gasteiger charge is 2.10. The van der Waals surface area contributed by atoms with E-state index in [1.165, 1.54) is 0 Å². The lowest BCUT2D eigenvalue weighted by Crippen LogP contribution is -1.90. The summed E-state index contributed by atoms with van der Waals surface area (Å²) in [5, 5.41) is 20.0. The fraction of sp³-hybridized carbons (Fsp3) is 0.150. The third kappa shape index (κ3) is 3.35. The van der Waals surface area contributed by atoms with E-state index in [4.69, 9.17) is 9.47 Å². The van der Waals surface area contributed by atoms with E-state index < -0.39 is 0 Å². The van der Waals surface area contributed by atoms with Crippen molar-refractivity contribution in [2.24, 2.45) is 0 Å². The van der Waals surface area contributed by atoms with Crippen molar-refractivity contribution < 1.29 is 14.6 Å². The van der Waals surface area contributed by atoms with Gasteiger partial charge in [-0.05, 0) is 53.6 Å². The number of aromatic nitrogens is 1. The highest BCUT2D eigenvalue weighted by molar-refractivity contribution is 6.01. The van der Waals surface area contributed by atoms with Crippen LogP contribution in [0.4, 0.5) is 0 Å². The maximum absolute atomic E-state index is 9.65. The smallest absolute Gasteiger partial charge is 0.119 e. The van der Waals surface area contributed by atoms with Gasteiger partial charge in [0.05, 0.1) is 32.5 Å². The molecule has 5 heteroatoms. The molecule has 0 saturated carbocycles. The number of methoxy groups -OCH3 is 2. The molecular formula is C20H18N2O3. The maximum Gasteiger partial charge on any atom is 0.119 e. The van der Waals surface area contributed by atoms with E-state index in [0.717, 1.165) is 33.3 Å². The van der Waals surface area contributed by atoms with Gasteiger partial charge in [-0.1, -0.05) is 0 Å². The first-order chi connectivity index (χ1) is 12.2. The van der Waals surface area contributed by atoms with Gasteiger partial charge in [-0.15, -0.1) is 0 Å². The average Bonchev–Trinajstić information content (AvgIpc) is 3.08. The van der Waals surface area contributed by atoms with Crippen LogP contribution >= 0.6 is 0 Å². The first kappa shape index (κ1) is 16.6. The van der Waals surface area contributed by atoms with E-state index in [9.17, 15) is 10.4 Å². The Bertz CT molecular complexity index is 958. The molecule has 0 aliphatic heterocycles. The van der Waals surface area contributed by atoms with Crippen molar-refractivity contribution in [2.45, 2.75) is 6.61 Å². The summed E-state index contributed by atoms with van der Waals surface area (Å²) >= 11 is 0. The molecule has 2 aromatic carbocycles. The molecule has 0 aliphatic carbocycles. The van der Waals surface area contributed by atoms with Crippen LogP contribution in [0, 0.1) is 11.3 Å². The molecule has 1 aromatic heterocycles. The van der Waals surface area contributed by atoms with Crippen LogP contribution in [0.5, 0.6) is 11.5 Å². The molecule has 0 radical (unpaired) electrons. The van der Waals surface area contributed by atoms with Crippen LogP contribution in [0.1, 0.15) is 16.7 Å². The highest BCUT2D eigenvalue weighted by atomic mass is 16.5. The number of H-pyrrole nitrogens is 1. The Morgan fingerprint density at radius 2 is 1.96 bits per heavy atom. The topological polar surface area (TPSA) is 78.3 Å². The van der Waals surface area contributed by atoms with Crippen molar-refractivity contribution >= 4 is 22.6 Å². The van der Waals surface area contributed by atoms with Gasteiger partial charge in [0, 0.05) is 22.7 Å². The van der Waals surface area contributed by atoms with Gasteiger partial charge in [-0.25, -0.2) is 0 Å². The van der Waals surface area contributed by atoms with Gasteiger partial charge in [0.2, 0.25) is 0 Å². The van der Waals surface area contributed by atoms with Crippen LogP contribution in [-0.4, -0.2) is 24.3 Å². The second kappa shape index (κ2) is 7.12. The molecule has 0 spiro atoms. The van der Waals surface area contributed by atoms with Gasteiger partial charge >= 0.3 is 0 Å². The number of aliphatic hydroxyl groups is 1. The third-order valence-corrected chi connectivity index (χ3v) is 4.02. The fourth-order valence-electron chi connectivity index (χ4n) is 2.77. The molecule has 0 bridgehead atoms. The number of rotatable bonds is 5. The predicted molar refractivity (Wildman–Crippen MR) is 97.3 cm³/mol. The summed E-state index contributed by atoms with van der Waals surface area (Å²) in [6, 6.07) is 13.4. The lowest BCUT2D eigenvalue weighted by Gasteiger charge is -2.06. The molecule has 5 nitrogen and oxygen atoms in total. The van der Waals surface area contributed by atoms with Crippen molar-refractivity contribution in [3.8, 4) is 17.6 Å². The first-order valence-corrected chi connectivity index (χ1v) is 7.74. The largest absolute Gasteiger partial charge is 0.497 e. The summed E-state index contributed by atoms with van der Waals surface area (Å²) in [6.07, 6.45) is 3.59. The number of ether oxygens (including phenoxy) is 2. The SMILES string of the molecule is COc1cc(C=C(C#N)c2c[nH]c3ccc(OC)cc23)cc(CO)c1. The van der Waals surface area contributed by atoms with Gasteiger partial charge in [-0.2, -0.15) is 5.26 Å².